The smallest absolute Gasteiger partial charge is 0.220 e. The quantitative estimate of drug-likeness (QED) is 0.335. The monoisotopic (exact) mass is 568 g/mol. The molecular weight excluding hydrogens is 539 g/mol. The second-order valence-electron chi connectivity index (χ2n) is 7.91. The van der Waals surface area contributed by atoms with E-state index in [1.807, 2.05) is 0 Å². The highest BCUT2D eigenvalue weighted by atomic mass is 127. The molecule has 0 aromatic carbocycles. The lowest BCUT2D eigenvalue weighted by atomic mass is 9.93. The second kappa shape index (κ2) is 10.4. The van der Waals surface area contributed by atoms with Crippen molar-refractivity contribution in [3.63, 3.8) is 0 Å². The molecule has 1 saturated heterocycles. The van der Waals surface area contributed by atoms with Crippen molar-refractivity contribution in [1.82, 2.24) is 24.7 Å². The van der Waals surface area contributed by atoms with E-state index in [2.05, 4.69) is 46.5 Å². The zero-order valence-electron chi connectivity index (χ0n) is 17.7. The largest absolute Gasteiger partial charge is 0.364 e. The van der Waals surface area contributed by atoms with Crippen LogP contribution in [0.25, 0.3) is 0 Å². The SMILES string of the molecule is CN=C(NCc1nc(C(C)(C)C)cs1)N1CCN(S(=O)(=O)Cc2ccon2)CC1.I. The summed E-state index contributed by atoms with van der Waals surface area (Å²) in [4.78, 5) is 11.1. The Morgan fingerprint density at radius 2 is 2.00 bits per heavy atom. The zero-order chi connectivity index (χ0) is 21.1. The average molecular weight is 569 g/mol. The van der Waals surface area contributed by atoms with Crippen molar-refractivity contribution in [2.24, 2.45) is 4.99 Å². The summed E-state index contributed by atoms with van der Waals surface area (Å²) in [5.41, 5.74) is 1.53. The van der Waals surface area contributed by atoms with Gasteiger partial charge in [0.25, 0.3) is 0 Å². The Morgan fingerprint density at radius 3 is 2.53 bits per heavy atom. The van der Waals surface area contributed by atoms with E-state index < -0.39 is 10.0 Å². The van der Waals surface area contributed by atoms with Crippen LogP contribution >= 0.6 is 35.3 Å². The molecule has 0 bridgehead atoms. The molecule has 1 aliphatic heterocycles. The minimum atomic E-state index is -3.41. The fourth-order valence-corrected chi connectivity index (χ4v) is 5.38. The number of piperazine rings is 1. The maximum Gasteiger partial charge on any atom is 0.220 e. The molecule has 0 amide bonds. The maximum atomic E-state index is 12.6. The molecule has 2 aromatic rings. The molecule has 1 fully saturated rings. The van der Waals surface area contributed by atoms with Crippen LogP contribution < -0.4 is 5.32 Å². The van der Waals surface area contributed by atoms with Gasteiger partial charge < -0.3 is 14.7 Å². The summed E-state index contributed by atoms with van der Waals surface area (Å²) in [6.07, 6.45) is 1.38. The first-order valence-electron chi connectivity index (χ1n) is 9.46. The Kier molecular flexibility index (Phi) is 8.65. The van der Waals surface area contributed by atoms with E-state index in [-0.39, 0.29) is 35.1 Å². The molecule has 1 aliphatic rings. The van der Waals surface area contributed by atoms with Crippen LogP contribution in [0.15, 0.2) is 27.2 Å². The summed E-state index contributed by atoms with van der Waals surface area (Å²) >= 11 is 1.63. The van der Waals surface area contributed by atoms with Crippen molar-refractivity contribution in [3.05, 3.63) is 34.1 Å². The maximum absolute atomic E-state index is 12.6. The third-order valence-corrected chi connectivity index (χ3v) is 7.34. The highest BCUT2D eigenvalue weighted by Gasteiger charge is 2.29. The molecule has 1 N–H and O–H groups in total. The number of halogens is 1. The summed E-state index contributed by atoms with van der Waals surface area (Å²) < 4.78 is 31.4. The van der Waals surface area contributed by atoms with E-state index in [1.165, 1.54) is 10.6 Å². The van der Waals surface area contributed by atoms with Crippen LogP contribution in [0, 0.1) is 0 Å². The first-order valence-corrected chi connectivity index (χ1v) is 12.0. The summed E-state index contributed by atoms with van der Waals surface area (Å²) in [5, 5.41) is 10.1. The molecule has 168 valence electrons. The standard InChI is InChI=1S/C18H28N6O3S2.HI/c1-18(2,3)15-12-28-16(21-15)11-20-17(19-4)23-6-8-24(9-7-23)29(25,26)13-14-5-10-27-22-14;/h5,10,12H,6-9,11,13H2,1-4H3,(H,19,20);1H. The third kappa shape index (κ3) is 6.37. The number of rotatable bonds is 5. The van der Waals surface area contributed by atoms with Gasteiger partial charge in [0.05, 0.1) is 17.9 Å². The van der Waals surface area contributed by atoms with Gasteiger partial charge >= 0.3 is 0 Å². The van der Waals surface area contributed by atoms with E-state index in [1.54, 1.807) is 24.5 Å². The molecule has 0 atom stereocenters. The van der Waals surface area contributed by atoms with Gasteiger partial charge in [0, 0.05) is 50.1 Å². The van der Waals surface area contributed by atoms with Gasteiger partial charge in [0.15, 0.2) is 5.96 Å². The lowest BCUT2D eigenvalue weighted by molar-refractivity contribution is 0.259. The van der Waals surface area contributed by atoms with Crippen molar-refractivity contribution in [2.45, 2.75) is 38.5 Å². The van der Waals surface area contributed by atoms with Gasteiger partial charge in [-0.05, 0) is 0 Å². The lowest BCUT2D eigenvalue weighted by Crippen LogP contribution is -2.53. The highest BCUT2D eigenvalue weighted by molar-refractivity contribution is 14.0. The fraction of sp³-hybridized carbons (Fsp3) is 0.611. The summed E-state index contributed by atoms with van der Waals surface area (Å²) in [6, 6.07) is 1.57. The molecule has 30 heavy (non-hydrogen) atoms. The molecule has 9 nitrogen and oxygen atoms in total. The Bertz CT molecular complexity index is 930. The minimum Gasteiger partial charge on any atom is -0.364 e. The van der Waals surface area contributed by atoms with Crippen LogP contribution in [-0.2, 0) is 27.7 Å². The molecule has 12 heteroatoms. The number of nitrogens with one attached hydrogen (secondary N) is 1. The van der Waals surface area contributed by atoms with Crippen LogP contribution in [0.5, 0.6) is 0 Å². The number of hydrogen-bond donors (Lipinski definition) is 1. The third-order valence-electron chi connectivity index (χ3n) is 4.68. The van der Waals surface area contributed by atoms with Crippen LogP contribution in [0.3, 0.4) is 0 Å². The first kappa shape index (κ1) is 25.0. The van der Waals surface area contributed by atoms with E-state index in [0.717, 1.165) is 16.7 Å². The van der Waals surface area contributed by atoms with Gasteiger partial charge in [-0.15, -0.1) is 35.3 Å². The fourth-order valence-electron chi connectivity index (χ4n) is 2.99. The van der Waals surface area contributed by atoms with Crippen molar-refractivity contribution in [3.8, 4) is 0 Å². The predicted molar refractivity (Wildman–Crippen MR) is 129 cm³/mol. The van der Waals surface area contributed by atoms with E-state index >= 15 is 0 Å². The van der Waals surface area contributed by atoms with Gasteiger partial charge in [0.2, 0.25) is 10.0 Å². The summed E-state index contributed by atoms with van der Waals surface area (Å²) in [6.45, 7) is 9.00. The molecular formula is C18H29IN6O3S2. The number of nitrogens with zero attached hydrogens (tertiary/aromatic N) is 5. The van der Waals surface area contributed by atoms with E-state index in [4.69, 9.17) is 9.51 Å². The number of hydrogen-bond acceptors (Lipinski definition) is 7. The lowest BCUT2D eigenvalue weighted by Gasteiger charge is -2.35. The Balaban J connectivity index is 0.00000320. The number of aromatic nitrogens is 2. The van der Waals surface area contributed by atoms with Crippen molar-refractivity contribution in [1.29, 1.82) is 0 Å². The number of sulfonamides is 1. The van der Waals surface area contributed by atoms with Crippen LogP contribution in [0.4, 0.5) is 0 Å². The number of thiazole rings is 1. The van der Waals surface area contributed by atoms with Gasteiger partial charge in [-0.25, -0.2) is 13.4 Å². The predicted octanol–water partition coefficient (Wildman–Crippen LogP) is 2.27. The zero-order valence-corrected chi connectivity index (χ0v) is 21.6. The van der Waals surface area contributed by atoms with Gasteiger partial charge in [0.1, 0.15) is 17.0 Å². The topological polar surface area (TPSA) is 104 Å². The normalized spacial score (nSPS) is 16.4. The van der Waals surface area contributed by atoms with Crippen molar-refractivity contribution in [2.75, 3.05) is 33.2 Å². The van der Waals surface area contributed by atoms with Gasteiger partial charge in [-0.2, -0.15) is 4.31 Å². The molecule has 3 rings (SSSR count). The van der Waals surface area contributed by atoms with Crippen LogP contribution in [0.1, 0.15) is 37.2 Å². The van der Waals surface area contributed by atoms with Crippen molar-refractivity contribution < 1.29 is 12.9 Å². The van der Waals surface area contributed by atoms with Crippen LogP contribution in [-0.4, -0.2) is 66.9 Å². The summed E-state index contributed by atoms with van der Waals surface area (Å²) in [7, 11) is -1.68. The Labute approximate surface area is 199 Å². The molecule has 0 radical (unpaired) electrons. The van der Waals surface area contributed by atoms with Gasteiger partial charge in [-0.3, -0.25) is 4.99 Å². The second-order valence-corrected chi connectivity index (χ2v) is 10.8. The molecule has 0 saturated carbocycles. The van der Waals surface area contributed by atoms with E-state index in [9.17, 15) is 8.42 Å². The van der Waals surface area contributed by atoms with Crippen LogP contribution in [0.2, 0.25) is 0 Å². The average Bonchev–Trinajstić information content (AvgIpc) is 3.34. The molecule has 0 spiro atoms. The molecule has 3 heterocycles. The molecule has 0 aliphatic carbocycles. The van der Waals surface area contributed by atoms with Gasteiger partial charge in [-0.1, -0.05) is 25.9 Å². The Hall–Kier alpha value is -1.25. The number of aliphatic imine (C=N–C) groups is 1. The highest BCUT2D eigenvalue weighted by Crippen LogP contribution is 2.23. The van der Waals surface area contributed by atoms with Crippen molar-refractivity contribution >= 4 is 51.3 Å². The minimum absolute atomic E-state index is 0. The number of guanidine groups is 1. The first-order chi connectivity index (χ1) is 13.7. The molecule has 0 unspecified atom stereocenters. The molecule has 2 aromatic heterocycles. The van der Waals surface area contributed by atoms with E-state index in [0.29, 0.717) is 38.4 Å². The summed E-state index contributed by atoms with van der Waals surface area (Å²) in [5.74, 6) is 0.613. The Morgan fingerprint density at radius 1 is 1.30 bits per heavy atom.